The van der Waals surface area contributed by atoms with Crippen LogP contribution in [0.1, 0.15) is 13.0 Å². The summed E-state index contributed by atoms with van der Waals surface area (Å²) in [5.74, 6) is -0.508. The molecule has 1 aromatic rings. The molecule has 72 valence electrons. The Balaban J connectivity index is 0.000000845. The van der Waals surface area contributed by atoms with Crippen molar-refractivity contribution in [2.24, 2.45) is 0 Å². The Morgan fingerprint density at radius 3 is 2.69 bits per heavy atom. The number of benzene rings is 1. The highest BCUT2D eigenvalue weighted by atomic mass is 19.3. The van der Waals surface area contributed by atoms with E-state index in [0.29, 0.717) is 0 Å². The summed E-state index contributed by atoms with van der Waals surface area (Å²) >= 11 is 0. The van der Waals surface area contributed by atoms with Gasteiger partial charge >= 0.3 is 6.90 Å². The number of hydrogen-bond donors (Lipinski definition) is 0. The van der Waals surface area contributed by atoms with Gasteiger partial charge in [-0.25, -0.2) is 4.39 Å². The number of hydrogen-bond acceptors (Lipinski definition) is 1. The van der Waals surface area contributed by atoms with Crippen LogP contribution in [0.15, 0.2) is 18.2 Å². The highest BCUT2D eigenvalue weighted by molar-refractivity contribution is 6.75. The van der Waals surface area contributed by atoms with Crippen LogP contribution in [0.2, 0.25) is 0 Å². The van der Waals surface area contributed by atoms with Gasteiger partial charge in [-0.2, -0.15) is 0 Å². The summed E-state index contributed by atoms with van der Waals surface area (Å²) in [5.41, 5.74) is 0.0800. The fourth-order valence-electron chi connectivity index (χ4n) is 1.31. The van der Waals surface area contributed by atoms with E-state index in [1.807, 2.05) is 0 Å². The summed E-state index contributed by atoms with van der Waals surface area (Å²) in [5, 5.41) is 0. The zero-order valence-electron chi connectivity index (χ0n) is 6.06. The van der Waals surface area contributed by atoms with Gasteiger partial charge in [0.15, 0.2) is 0 Å². The largest absolute Gasteiger partial charge is 0.531 e. The maximum Gasteiger partial charge on any atom is 0.476 e. The van der Waals surface area contributed by atoms with Crippen molar-refractivity contribution >= 4 is 12.4 Å². The third-order valence-corrected chi connectivity index (χ3v) is 1.92. The highest BCUT2D eigenvalue weighted by Gasteiger charge is 2.35. The van der Waals surface area contributed by atoms with Gasteiger partial charge in [0, 0.05) is 6.61 Å². The van der Waals surface area contributed by atoms with Crippen LogP contribution in [0.25, 0.3) is 0 Å². The maximum atomic E-state index is 12.8. The number of rotatable bonds is 0. The van der Waals surface area contributed by atoms with Gasteiger partial charge in [-0.3, -0.25) is 0 Å². The van der Waals surface area contributed by atoms with E-state index in [9.17, 15) is 13.0 Å². The molecule has 5 heteroatoms. The van der Waals surface area contributed by atoms with Crippen molar-refractivity contribution in [3.05, 3.63) is 29.6 Å². The van der Waals surface area contributed by atoms with Crippen molar-refractivity contribution in [1.82, 2.24) is 0 Å². The Kier molecular flexibility index (Phi) is 2.39. The van der Waals surface area contributed by atoms with Crippen LogP contribution in [0.3, 0.4) is 0 Å². The van der Waals surface area contributed by atoms with Gasteiger partial charge in [-0.05, 0) is 12.1 Å². The van der Waals surface area contributed by atoms with Crippen molar-refractivity contribution < 1.29 is 17.7 Å². The molecule has 2 rings (SSSR count). The minimum atomic E-state index is -3.88. The first-order valence-electron chi connectivity index (χ1n) is 3.53. The fraction of sp³-hybridized carbons (Fsp3) is 0.250. The average molecular weight is 189 g/mol. The molecule has 0 fully saturated rings. The van der Waals surface area contributed by atoms with Crippen LogP contribution in [0, 0.1) is 5.82 Å². The average Bonchev–Trinajstić information content (AvgIpc) is 2.27. The lowest BCUT2D eigenvalue weighted by Gasteiger charge is -2.16. The molecule has 0 aliphatic carbocycles. The Morgan fingerprint density at radius 2 is 2.00 bits per heavy atom. The van der Waals surface area contributed by atoms with Gasteiger partial charge in [0.25, 0.3) is 0 Å². The summed E-state index contributed by atoms with van der Waals surface area (Å²) in [6.45, 7) is -4.07. The van der Waals surface area contributed by atoms with Gasteiger partial charge < -0.3 is 13.3 Å². The molecule has 0 saturated heterocycles. The zero-order valence-corrected chi connectivity index (χ0v) is 6.06. The van der Waals surface area contributed by atoms with E-state index in [4.69, 9.17) is 0 Å². The molecule has 0 saturated carbocycles. The van der Waals surface area contributed by atoms with Gasteiger partial charge in [0.1, 0.15) is 5.82 Å². The van der Waals surface area contributed by atoms with E-state index in [-0.39, 0.29) is 25.1 Å². The lowest BCUT2D eigenvalue weighted by molar-refractivity contribution is 0.242. The molecule has 0 radical (unpaired) electrons. The van der Waals surface area contributed by atoms with Crippen molar-refractivity contribution in [3.63, 3.8) is 0 Å². The molecule has 1 nitrogen and oxygen atoms in total. The lowest BCUT2D eigenvalue weighted by atomic mass is 9.77. The second-order valence-electron chi connectivity index (χ2n) is 2.75. The molecule has 0 unspecified atom stereocenters. The molecule has 13 heavy (non-hydrogen) atoms. The van der Waals surface area contributed by atoms with E-state index in [1.54, 1.807) is 0 Å². The molecule has 0 atom stereocenters. The fourth-order valence-corrected chi connectivity index (χ4v) is 1.31. The van der Waals surface area contributed by atoms with Crippen LogP contribution in [0.5, 0.6) is 0 Å². The molecule has 1 aromatic carbocycles. The molecule has 1 aliphatic heterocycles. The normalized spacial score (nSPS) is 17.8. The monoisotopic (exact) mass is 189 g/mol. The molecular formula is C8H9BF3O-. The SMILES string of the molecule is C.Fc1ccc2c(c1)CO[B-]2(F)F. The van der Waals surface area contributed by atoms with Crippen LogP contribution < -0.4 is 5.46 Å². The lowest BCUT2D eigenvalue weighted by Crippen LogP contribution is -2.37. The molecule has 0 bridgehead atoms. The molecule has 0 spiro atoms. The second-order valence-corrected chi connectivity index (χ2v) is 2.75. The van der Waals surface area contributed by atoms with E-state index in [2.05, 4.69) is 4.65 Å². The van der Waals surface area contributed by atoms with Crippen LogP contribution >= 0.6 is 0 Å². The maximum absolute atomic E-state index is 12.8. The van der Waals surface area contributed by atoms with Crippen molar-refractivity contribution in [2.45, 2.75) is 14.0 Å². The van der Waals surface area contributed by atoms with Crippen LogP contribution in [0.4, 0.5) is 13.0 Å². The van der Waals surface area contributed by atoms with E-state index < -0.39 is 12.7 Å². The first-order chi connectivity index (χ1) is 5.59. The first-order valence-corrected chi connectivity index (χ1v) is 3.53. The van der Waals surface area contributed by atoms with E-state index >= 15 is 0 Å². The van der Waals surface area contributed by atoms with Crippen LogP contribution in [-0.2, 0) is 11.3 Å². The van der Waals surface area contributed by atoms with Crippen molar-refractivity contribution in [2.75, 3.05) is 0 Å². The highest BCUT2D eigenvalue weighted by Crippen LogP contribution is 2.21. The molecule has 1 aliphatic rings. The summed E-state index contributed by atoms with van der Waals surface area (Å²) in [7, 11) is 0. The predicted octanol–water partition coefficient (Wildman–Crippen LogP) is 2.08. The first kappa shape index (κ1) is 10.1. The molecule has 0 aromatic heterocycles. The van der Waals surface area contributed by atoms with Gasteiger partial charge in [-0.1, -0.05) is 19.1 Å². The Hall–Kier alpha value is -0.965. The third-order valence-electron chi connectivity index (χ3n) is 1.92. The molecule has 1 heterocycles. The summed E-state index contributed by atoms with van der Waals surface area (Å²) < 4.78 is 42.3. The Morgan fingerprint density at radius 1 is 1.31 bits per heavy atom. The third kappa shape index (κ3) is 1.56. The standard InChI is InChI=1S/C7H5BF3O.CH4/c9-6-1-2-7-5(3-6)4-12-8(7,10)11;/h1-3H,4H2;1H4/q-1;. The van der Waals surface area contributed by atoms with E-state index in [0.717, 1.165) is 18.2 Å². The van der Waals surface area contributed by atoms with Crippen molar-refractivity contribution in [1.29, 1.82) is 0 Å². The number of fused-ring (bicyclic) bond motifs is 1. The zero-order chi connectivity index (χ0) is 8.77. The van der Waals surface area contributed by atoms with Crippen molar-refractivity contribution in [3.8, 4) is 0 Å². The molecule has 0 N–H and O–H groups in total. The smallest absolute Gasteiger partial charge is 0.476 e. The van der Waals surface area contributed by atoms with Gasteiger partial charge in [0.2, 0.25) is 0 Å². The second kappa shape index (κ2) is 3.07. The van der Waals surface area contributed by atoms with Crippen LogP contribution in [-0.4, -0.2) is 6.90 Å². The molecular weight excluding hydrogens is 180 g/mol. The van der Waals surface area contributed by atoms with Gasteiger partial charge in [-0.15, -0.1) is 5.46 Å². The Labute approximate surface area is 74.6 Å². The number of halogens is 3. The van der Waals surface area contributed by atoms with E-state index in [1.165, 1.54) is 0 Å². The van der Waals surface area contributed by atoms with Gasteiger partial charge in [0.05, 0.1) is 0 Å². The molecule has 0 amide bonds. The predicted molar refractivity (Wildman–Crippen MR) is 45.5 cm³/mol. The summed E-state index contributed by atoms with van der Waals surface area (Å²) in [6, 6.07) is 3.18. The minimum Gasteiger partial charge on any atom is -0.531 e. The topological polar surface area (TPSA) is 9.23 Å². The minimum absolute atomic E-state index is 0. The Bertz CT molecular complexity index is 327. The summed E-state index contributed by atoms with van der Waals surface area (Å²) in [4.78, 5) is 0. The summed E-state index contributed by atoms with van der Waals surface area (Å²) in [6.07, 6.45) is 0. The quantitative estimate of drug-likeness (QED) is 0.567.